The summed E-state index contributed by atoms with van der Waals surface area (Å²) in [6.45, 7) is 3.32. The van der Waals surface area contributed by atoms with Gasteiger partial charge < -0.3 is 10.2 Å². The predicted molar refractivity (Wildman–Crippen MR) is 94.9 cm³/mol. The van der Waals surface area contributed by atoms with E-state index in [4.69, 9.17) is 11.6 Å². The molecule has 2 rings (SSSR count). The van der Waals surface area contributed by atoms with Gasteiger partial charge in [0, 0.05) is 49.7 Å². The van der Waals surface area contributed by atoms with E-state index in [2.05, 4.69) is 10.3 Å². The molecule has 0 saturated carbocycles. The zero-order valence-corrected chi connectivity index (χ0v) is 14.3. The second-order valence-electron chi connectivity index (χ2n) is 5.56. The Morgan fingerprint density at radius 3 is 2.70 bits per heavy atom. The van der Waals surface area contributed by atoms with E-state index in [0.29, 0.717) is 19.5 Å². The highest BCUT2D eigenvalue weighted by Gasteiger charge is 2.08. The molecular formula is C18H22ClN3O. The number of hydrogen-bond donors (Lipinski definition) is 1. The van der Waals surface area contributed by atoms with Crippen molar-refractivity contribution in [1.82, 2.24) is 9.88 Å². The highest BCUT2D eigenvalue weighted by molar-refractivity contribution is 6.30. The van der Waals surface area contributed by atoms with Crippen LogP contribution in [0.5, 0.6) is 0 Å². The minimum Gasteiger partial charge on any atom is -0.384 e. The van der Waals surface area contributed by atoms with Crippen LogP contribution in [0.3, 0.4) is 0 Å². The fourth-order valence-corrected chi connectivity index (χ4v) is 2.52. The van der Waals surface area contributed by atoms with Crippen molar-refractivity contribution in [2.75, 3.05) is 25.5 Å². The molecule has 0 bridgehead atoms. The molecule has 0 aliphatic heterocycles. The van der Waals surface area contributed by atoms with E-state index >= 15 is 0 Å². The number of likely N-dealkylation sites (N-methyl/N-ethyl adjacent to an activating group) is 1. The average Bonchev–Trinajstić information content (AvgIpc) is 2.55. The Kier molecular flexibility index (Phi) is 6.41. The van der Waals surface area contributed by atoms with Crippen LogP contribution in [0.25, 0.3) is 0 Å². The van der Waals surface area contributed by atoms with Gasteiger partial charge in [0.25, 0.3) is 0 Å². The van der Waals surface area contributed by atoms with E-state index in [9.17, 15) is 4.79 Å². The van der Waals surface area contributed by atoms with E-state index < -0.39 is 0 Å². The highest BCUT2D eigenvalue weighted by Crippen LogP contribution is 2.19. The topological polar surface area (TPSA) is 45.2 Å². The second kappa shape index (κ2) is 8.53. The van der Waals surface area contributed by atoms with Crippen LogP contribution in [0.2, 0.25) is 5.02 Å². The summed E-state index contributed by atoms with van der Waals surface area (Å²) in [7, 11) is 1.84. The van der Waals surface area contributed by atoms with Crippen molar-refractivity contribution >= 4 is 23.2 Å². The zero-order valence-electron chi connectivity index (χ0n) is 13.6. The van der Waals surface area contributed by atoms with Crippen molar-refractivity contribution in [2.24, 2.45) is 0 Å². The molecule has 1 aromatic carbocycles. The number of carbonyl (C=O) groups is 1. The summed E-state index contributed by atoms with van der Waals surface area (Å²) in [5.41, 5.74) is 3.28. The standard InChI is InChI=1S/C18H22ClN3O/c1-14-13-16(19)3-4-17(14)21-11-7-18(23)22(2)12-8-15-5-9-20-10-6-15/h3-6,9-10,13,21H,7-8,11-12H2,1-2H3. The van der Waals surface area contributed by atoms with Crippen molar-refractivity contribution in [2.45, 2.75) is 19.8 Å². The Bertz CT molecular complexity index is 646. The maximum atomic E-state index is 12.1. The number of halogens is 1. The number of amides is 1. The van der Waals surface area contributed by atoms with Crippen LogP contribution in [-0.4, -0.2) is 35.9 Å². The van der Waals surface area contributed by atoms with Crippen LogP contribution in [0.4, 0.5) is 5.69 Å². The monoisotopic (exact) mass is 331 g/mol. The number of nitrogens with one attached hydrogen (secondary N) is 1. The molecule has 0 radical (unpaired) electrons. The molecule has 0 aliphatic carbocycles. The summed E-state index contributed by atoms with van der Waals surface area (Å²) in [5, 5.41) is 4.01. The Balaban J connectivity index is 1.73. The van der Waals surface area contributed by atoms with Crippen LogP contribution in [0, 0.1) is 6.92 Å². The quantitative estimate of drug-likeness (QED) is 0.844. The molecule has 4 nitrogen and oxygen atoms in total. The van der Waals surface area contributed by atoms with E-state index in [1.54, 1.807) is 17.3 Å². The summed E-state index contributed by atoms with van der Waals surface area (Å²) < 4.78 is 0. The van der Waals surface area contributed by atoms with E-state index in [1.807, 2.05) is 44.3 Å². The van der Waals surface area contributed by atoms with E-state index in [1.165, 1.54) is 5.56 Å². The second-order valence-corrected chi connectivity index (χ2v) is 5.99. The molecule has 1 aromatic heterocycles. The number of aromatic nitrogens is 1. The zero-order chi connectivity index (χ0) is 16.7. The van der Waals surface area contributed by atoms with Gasteiger partial charge in [0.15, 0.2) is 0 Å². The van der Waals surface area contributed by atoms with Gasteiger partial charge in [-0.1, -0.05) is 11.6 Å². The highest BCUT2D eigenvalue weighted by atomic mass is 35.5. The molecule has 0 fully saturated rings. The third-order valence-electron chi connectivity index (χ3n) is 3.75. The van der Waals surface area contributed by atoms with Crippen molar-refractivity contribution in [3.05, 3.63) is 58.9 Å². The number of anilines is 1. The number of aryl methyl sites for hydroxylation is 1. The third kappa shape index (κ3) is 5.57. The lowest BCUT2D eigenvalue weighted by Crippen LogP contribution is -2.30. The van der Waals surface area contributed by atoms with Crippen LogP contribution in [0.15, 0.2) is 42.7 Å². The maximum absolute atomic E-state index is 12.1. The molecule has 1 N–H and O–H groups in total. The van der Waals surface area contributed by atoms with Crippen LogP contribution >= 0.6 is 11.6 Å². The number of carbonyl (C=O) groups excluding carboxylic acids is 1. The first-order valence-corrected chi connectivity index (χ1v) is 8.07. The fourth-order valence-electron chi connectivity index (χ4n) is 2.29. The van der Waals surface area contributed by atoms with Gasteiger partial charge in [-0.25, -0.2) is 0 Å². The Hall–Kier alpha value is -2.07. The van der Waals surface area contributed by atoms with Crippen molar-refractivity contribution < 1.29 is 4.79 Å². The first-order valence-electron chi connectivity index (χ1n) is 7.69. The number of benzene rings is 1. The number of hydrogen-bond acceptors (Lipinski definition) is 3. The van der Waals surface area contributed by atoms with Crippen molar-refractivity contribution in [3.8, 4) is 0 Å². The first-order chi connectivity index (χ1) is 11.1. The van der Waals surface area contributed by atoms with Gasteiger partial charge in [-0.3, -0.25) is 9.78 Å². The number of nitrogens with zero attached hydrogens (tertiary/aromatic N) is 2. The molecule has 2 aromatic rings. The summed E-state index contributed by atoms with van der Waals surface area (Å²) in [6, 6.07) is 9.65. The third-order valence-corrected chi connectivity index (χ3v) is 3.99. The molecule has 122 valence electrons. The molecule has 1 heterocycles. The lowest BCUT2D eigenvalue weighted by atomic mass is 10.2. The van der Waals surface area contributed by atoms with Crippen molar-refractivity contribution in [3.63, 3.8) is 0 Å². The number of pyridine rings is 1. The van der Waals surface area contributed by atoms with Gasteiger partial charge in [-0.2, -0.15) is 0 Å². The van der Waals surface area contributed by atoms with Crippen LogP contribution < -0.4 is 5.32 Å². The summed E-state index contributed by atoms with van der Waals surface area (Å²) in [6.07, 6.45) is 4.86. The molecule has 0 saturated heterocycles. The minimum atomic E-state index is 0.137. The summed E-state index contributed by atoms with van der Waals surface area (Å²) in [5.74, 6) is 0.137. The predicted octanol–water partition coefficient (Wildman–Crippen LogP) is 3.55. The molecular weight excluding hydrogens is 310 g/mol. The average molecular weight is 332 g/mol. The fraction of sp³-hybridized carbons (Fsp3) is 0.333. The lowest BCUT2D eigenvalue weighted by molar-refractivity contribution is -0.129. The summed E-state index contributed by atoms with van der Waals surface area (Å²) in [4.78, 5) is 17.9. The van der Waals surface area contributed by atoms with Gasteiger partial charge in [-0.05, 0) is 54.8 Å². The molecule has 1 amide bonds. The molecule has 0 spiro atoms. The molecule has 23 heavy (non-hydrogen) atoms. The summed E-state index contributed by atoms with van der Waals surface area (Å²) >= 11 is 5.94. The Labute approximate surface area is 142 Å². The SMILES string of the molecule is Cc1cc(Cl)ccc1NCCC(=O)N(C)CCc1ccncc1. The van der Waals surface area contributed by atoms with E-state index in [0.717, 1.165) is 22.7 Å². The maximum Gasteiger partial charge on any atom is 0.224 e. The smallest absolute Gasteiger partial charge is 0.224 e. The molecule has 0 unspecified atom stereocenters. The van der Waals surface area contributed by atoms with Gasteiger partial charge >= 0.3 is 0 Å². The molecule has 0 aliphatic rings. The van der Waals surface area contributed by atoms with Crippen LogP contribution in [-0.2, 0) is 11.2 Å². The van der Waals surface area contributed by atoms with Gasteiger partial charge in [0.2, 0.25) is 5.91 Å². The number of rotatable bonds is 7. The largest absolute Gasteiger partial charge is 0.384 e. The van der Waals surface area contributed by atoms with Gasteiger partial charge in [-0.15, -0.1) is 0 Å². The first kappa shape index (κ1) is 17.3. The Morgan fingerprint density at radius 1 is 1.26 bits per heavy atom. The van der Waals surface area contributed by atoms with Gasteiger partial charge in [0.1, 0.15) is 0 Å². The van der Waals surface area contributed by atoms with Crippen molar-refractivity contribution in [1.29, 1.82) is 0 Å². The normalized spacial score (nSPS) is 10.4. The molecule has 0 atom stereocenters. The minimum absolute atomic E-state index is 0.137. The Morgan fingerprint density at radius 2 is 2.00 bits per heavy atom. The van der Waals surface area contributed by atoms with Gasteiger partial charge in [0.05, 0.1) is 0 Å². The van der Waals surface area contributed by atoms with Crippen LogP contribution in [0.1, 0.15) is 17.5 Å². The lowest BCUT2D eigenvalue weighted by Gasteiger charge is -2.18. The molecule has 5 heteroatoms. The van der Waals surface area contributed by atoms with E-state index in [-0.39, 0.29) is 5.91 Å².